The van der Waals surface area contributed by atoms with Gasteiger partial charge in [-0.1, -0.05) is 12.2 Å². The van der Waals surface area contributed by atoms with Crippen LogP contribution in [0.4, 0.5) is 0 Å². The lowest BCUT2D eigenvalue weighted by molar-refractivity contribution is -0.0163. The first-order valence-corrected chi connectivity index (χ1v) is 4.31. The fourth-order valence-electron chi connectivity index (χ4n) is 1.24. The summed E-state index contributed by atoms with van der Waals surface area (Å²) in [5, 5.41) is 0. The van der Waals surface area contributed by atoms with Gasteiger partial charge < -0.3 is 15.2 Å². The highest BCUT2D eigenvalue weighted by atomic mass is 32.1. The van der Waals surface area contributed by atoms with E-state index in [1.54, 1.807) is 0 Å². The van der Waals surface area contributed by atoms with E-state index in [9.17, 15) is 0 Å². The molecule has 0 atom stereocenters. The van der Waals surface area contributed by atoms with Crippen molar-refractivity contribution in [1.29, 1.82) is 0 Å². The number of thiocarbonyl (C=S) groups is 1. The molecule has 0 unspecified atom stereocenters. The van der Waals surface area contributed by atoms with Crippen LogP contribution >= 0.6 is 12.2 Å². The zero-order chi connectivity index (χ0) is 9.26. The Morgan fingerprint density at radius 1 is 1.46 bits per heavy atom. The van der Waals surface area contributed by atoms with Gasteiger partial charge in [0.15, 0.2) is 6.79 Å². The molecule has 0 aliphatic carbocycles. The molecule has 1 heterocycles. The molecule has 2 rings (SSSR count). The van der Waals surface area contributed by atoms with Crippen molar-refractivity contribution in [2.24, 2.45) is 5.73 Å². The van der Waals surface area contributed by atoms with E-state index >= 15 is 0 Å². The first kappa shape index (κ1) is 8.47. The van der Waals surface area contributed by atoms with Gasteiger partial charge in [0.25, 0.3) is 0 Å². The van der Waals surface area contributed by atoms with Crippen molar-refractivity contribution < 1.29 is 9.47 Å². The molecular formula is C9H9NO2S. The minimum atomic E-state index is 0.319. The van der Waals surface area contributed by atoms with E-state index in [4.69, 9.17) is 27.4 Å². The number of hydrogen-bond donors (Lipinski definition) is 1. The Labute approximate surface area is 81.4 Å². The third kappa shape index (κ3) is 1.64. The fraction of sp³-hybridized carbons (Fsp3) is 0.222. The molecule has 0 fully saturated rings. The minimum absolute atomic E-state index is 0.319. The monoisotopic (exact) mass is 195 g/mol. The lowest BCUT2D eigenvalue weighted by Crippen LogP contribution is -2.14. The van der Waals surface area contributed by atoms with Gasteiger partial charge in [-0.05, 0) is 18.2 Å². The van der Waals surface area contributed by atoms with Crippen LogP contribution in [0, 0.1) is 0 Å². The quantitative estimate of drug-likeness (QED) is 0.684. The molecule has 0 radical (unpaired) electrons. The molecule has 0 saturated heterocycles. The van der Waals surface area contributed by atoms with E-state index in [1.807, 2.05) is 18.2 Å². The molecule has 0 bridgehead atoms. The largest absolute Gasteiger partial charge is 0.467 e. The summed E-state index contributed by atoms with van der Waals surface area (Å²) in [6.45, 7) is 0.880. The zero-order valence-corrected chi connectivity index (χ0v) is 7.76. The molecule has 0 spiro atoms. The van der Waals surface area contributed by atoms with Crippen LogP contribution in [0.15, 0.2) is 18.2 Å². The summed E-state index contributed by atoms with van der Waals surface area (Å²) in [6, 6.07) is 5.62. The molecular weight excluding hydrogens is 186 g/mol. The van der Waals surface area contributed by atoms with Crippen LogP contribution < -0.4 is 10.5 Å². The maximum Gasteiger partial charge on any atom is 0.189 e. The standard InChI is InChI=1S/C9H9NO2S/c10-9(13)6-1-2-8-7(3-6)4-11-5-12-8/h1-3H,4-5H2,(H2,10,13). The first-order chi connectivity index (χ1) is 6.27. The molecule has 4 heteroatoms. The second-order valence-corrected chi connectivity index (χ2v) is 3.24. The lowest BCUT2D eigenvalue weighted by atomic mass is 10.1. The average Bonchev–Trinajstić information content (AvgIpc) is 2.17. The van der Waals surface area contributed by atoms with Gasteiger partial charge in [0, 0.05) is 11.1 Å². The Balaban J connectivity index is 2.40. The molecule has 1 aromatic carbocycles. The third-order valence-corrected chi connectivity index (χ3v) is 2.14. The summed E-state index contributed by atoms with van der Waals surface area (Å²) in [7, 11) is 0. The van der Waals surface area contributed by atoms with Crippen LogP contribution in [0.1, 0.15) is 11.1 Å². The summed E-state index contributed by atoms with van der Waals surface area (Å²) in [4.78, 5) is 0.397. The lowest BCUT2D eigenvalue weighted by Gasteiger charge is -2.17. The molecule has 1 aliphatic heterocycles. The Kier molecular flexibility index (Phi) is 2.16. The topological polar surface area (TPSA) is 44.5 Å². The normalized spacial score (nSPS) is 14.5. The van der Waals surface area contributed by atoms with Gasteiger partial charge in [0.05, 0.1) is 6.61 Å². The Bertz CT molecular complexity index is 351. The summed E-state index contributed by atoms with van der Waals surface area (Å²) in [6.07, 6.45) is 0. The van der Waals surface area contributed by atoms with E-state index < -0.39 is 0 Å². The van der Waals surface area contributed by atoms with Gasteiger partial charge in [0.1, 0.15) is 10.7 Å². The van der Waals surface area contributed by atoms with Gasteiger partial charge in [-0.15, -0.1) is 0 Å². The highest BCUT2D eigenvalue weighted by Gasteiger charge is 2.10. The molecule has 0 aromatic heterocycles. The van der Waals surface area contributed by atoms with Crippen LogP contribution in [0.5, 0.6) is 5.75 Å². The molecule has 3 nitrogen and oxygen atoms in total. The number of rotatable bonds is 1. The van der Waals surface area contributed by atoms with E-state index in [0.717, 1.165) is 16.9 Å². The van der Waals surface area contributed by atoms with Crippen LogP contribution in [0.25, 0.3) is 0 Å². The first-order valence-electron chi connectivity index (χ1n) is 3.90. The predicted molar refractivity (Wildman–Crippen MR) is 52.6 cm³/mol. The zero-order valence-electron chi connectivity index (χ0n) is 6.95. The number of benzene rings is 1. The van der Waals surface area contributed by atoms with Crippen LogP contribution in [-0.2, 0) is 11.3 Å². The van der Waals surface area contributed by atoms with E-state index in [1.165, 1.54) is 0 Å². The van der Waals surface area contributed by atoms with Gasteiger partial charge in [-0.25, -0.2) is 0 Å². The molecule has 13 heavy (non-hydrogen) atoms. The van der Waals surface area contributed by atoms with E-state index in [2.05, 4.69) is 0 Å². The minimum Gasteiger partial charge on any atom is -0.467 e. The number of ether oxygens (including phenoxy) is 2. The van der Waals surface area contributed by atoms with Crippen molar-refractivity contribution >= 4 is 17.2 Å². The molecule has 0 amide bonds. The van der Waals surface area contributed by atoms with Crippen LogP contribution in [-0.4, -0.2) is 11.8 Å². The Morgan fingerprint density at radius 2 is 2.31 bits per heavy atom. The number of fused-ring (bicyclic) bond motifs is 1. The van der Waals surface area contributed by atoms with Crippen molar-refractivity contribution in [2.45, 2.75) is 6.61 Å². The Hall–Kier alpha value is -1.13. The van der Waals surface area contributed by atoms with Gasteiger partial charge >= 0.3 is 0 Å². The van der Waals surface area contributed by atoms with Gasteiger partial charge in [-0.3, -0.25) is 0 Å². The van der Waals surface area contributed by atoms with Crippen LogP contribution in [0.2, 0.25) is 0 Å². The third-order valence-electron chi connectivity index (χ3n) is 1.90. The second kappa shape index (κ2) is 3.32. The molecule has 0 saturated carbocycles. The van der Waals surface area contributed by atoms with E-state index in [0.29, 0.717) is 18.4 Å². The summed E-state index contributed by atoms with van der Waals surface area (Å²) in [5.41, 5.74) is 7.34. The van der Waals surface area contributed by atoms with E-state index in [-0.39, 0.29) is 0 Å². The fourth-order valence-corrected chi connectivity index (χ4v) is 1.37. The van der Waals surface area contributed by atoms with Crippen molar-refractivity contribution in [3.05, 3.63) is 29.3 Å². The Morgan fingerprint density at radius 3 is 3.08 bits per heavy atom. The second-order valence-electron chi connectivity index (χ2n) is 2.80. The van der Waals surface area contributed by atoms with Crippen molar-refractivity contribution in [3.8, 4) is 5.75 Å². The maximum absolute atomic E-state index is 5.50. The predicted octanol–water partition coefficient (Wildman–Crippen LogP) is 1.19. The summed E-state index contributed by atoms with van der Waals surface area (Å²) < 4.78 is 10.4. The van der Waals surface area contributed by atoms with Crippen molar-refractivity contribution in [2.75, 3.05) is 6.79 Å². The molecule has 2 N–H and O–H groups in total. The smallest absolute Gasteiger partial charge is 0.189 e. The van der Waals surface area contributed by atoms with Crippen molar-refractivity contribution in [1.82, 2.24) is 0 Å². The summed E-state index contributed by atoms with van der Waals surface area (Å²) >= 11 is 4.86. The van der Waals surface area contributed by atoms with Crippen LogP contribution in [0.3, 0.4) is 0 Å². The van der Waals surface area contributed by atoms with Crippen molar-refractivity contribution in [3.63, 3.8) is 0 Å². The van der Waals surface area contributed by atoms with Gasteiger partial charge in [0.2, 0.25) is 0 Å². The maximum atomic E-state index is 5.50. The SMILES string of the molecule is NC(=S)c1ccc2c(c1)COCO2. The number of nitrogens with two attached hydrogens (primary N) is 1. The highest BCUT2D eigenvalue weighted by molar-refractivity contribution is 7.80. The summed E-state index contributed by atoms with van der Waals surface area (Å²) in [5.74, 6) is 0.853. The molecule has 1 aliphatic rings. The highest BCUT2D eigenvalue weighted by Crippen LogP contribution is 2.24. The molecule has 1 aromatic rings. The average molecular weight is 195 g/mol. The van der Waals surface area contributed by atoms with Gasteiger partial charge in [-0.2, -0.15) is 0 Å². The number of hydrogen-bond acceptors (Lipinski definition) is 3. The molecule has 68 valence electrons.